The second-order valence-corrected chi connectivity index (χ2v) is 12.9. The first kappa shape index (κ1) is 38.2. The van der Waals surface area contributed by atoms with Crippen LogP contribution in [0.5, 0.6) is 5.75 Å². The molecule has 0 aromatic heterocycles. The zero-order valence-corrected chi connectivity index (χ0v) is 27.7. The van der Waals surface area contributed by atoms with E-state index in [1.165, 1.54) is 44.1 Å². The van der Waals surface area contributed by atoms with Crippen LogP contribution < -0.4 is 4.74 Å². The molecule has 0 radical (unpaired) electrons. The van der Waals surface area contributed by atoms with E-state index in [2.05, 4.69) is 0 Å². The predicted molar refractivity (Wildman–Crippen MR) is 169 cm³/mol. The van der Waals surface area contributed by atoms with Crippen molar-refractivity contribution in [1.29, 1.82) is 0 Å². The van der Waals surface area contributed by atoms with Crippen LogP contribution in [0.3, 0.4) is 0 Å². The summed E-state index contributed by atoms with van der Waals surface area (Å²) in [5, 5.41) is 9.28. The highest BCUT2D eigenvalue weighted by molar-refractivity contribution is 5.92. The van der Waals surface area contributed by atoms with Crippen molar-refractivity contribution >= 4 is 23.2 Å². The highest BCUT2D eigenvalue weighted by Gasteiger charge is 2.44. The number of aliphatic carboxylic acids is 1. The third-order valence-electron chi connectivity index (χ3n) is 8.90. The molecular formula is C36H35F8NO5. The van der Waals surface area contributed by atoms with E-state index in [1.807, 2.05) is 13.8 Å². The molecule has 14 heteroatoms. The Kier molecular flexibility index (Phi) is 10.9. The van der Waals surface area contributed by atoms with E-state index in [9.17, 15) is 45.4 Å². The van der Waals surface area contributed by atoms with Gasteiger partial charge in [0.1, 0.15) is 17.7 Å². The molecular weight excluding hydrogens is 678 g/mol. The van der Waals surface area contributed by atoms with Crippen molar-refractivity contribution in [2.45, 2.75) is 71.5 Å². The second kappa shape index (κ2) is 14.3. The van der Waals surface area contributed by atoms with E-state index in [0.29, 0.717) is 59.9 Å². The van der Waals surface area contributed by atoms with Crippen molar-refractivity contribution in [3.05, 3.63) is 99.7 Å². The monoisotopic (exact) mass is 713 g/mol. The zero-order valence-electron chi connectivity index (χ0n) is 27.7. The molecule has 0 bridgehead atoms. The highest BCUT2D eigenvalue weighted by atomic mass is 19.4. The largest absolute Gasteiger partial charge is 0.496 e. The minimum absolute atomic E-state index is 0.00215. The Morgan fingerprint density at radius 2 is 1.70 bits per heavy atom. The Balaban J connectivity index is 1.78. The molecule has 2 aliphatic rings. The number of benzene rings is 2. The first-order chi connectivity index (χ1) is 23.2. The average molecular weight is 714 g/mol. The fraction of sp³-hybridized carbons (Fsp3) is 0.389. The Morgan fingerprint density at radius 1 is 1.08 bits per heavy atom. The van der Waals surface area contributed by atoms with Gasteiger partial charge in [0.05, 0.1) is 36.2 Å². The lowest BCUT2D eigenvalue weighted by Gasteiger charge is -2.36. The van der Waals surface area contributed by atoms with Crippen molar-refractivity contribution in [1.82, 2.24) is 4.90 Å². The Morgan fingerprint density at radius 3 is 2.22 bits per heavy atom. The van der Waals surface area contributed by atoms with Gasteiger partial charge in [-0.1, -0.05) is 26.0 Å². The van der Waals surface area contributed by atoms with Gasteiger partial charge in [0, 0.05) is 17.7 Å². The van der Waals surface area contributed by atoms with Crippen LogP contribution in [0.2, 0.25) is 0 Å². The lowest BCUT2D eigenvalue weighted by molar-refractivity contribution is -0.143. The summed E-state index contributed by atoms with van der Waals surface area (Å²) >= 11 is 0. The molecule has 4 rings (SSSR count). The number of allylic oxidation sites excluding steroid dienone is 4. The van der Waals surface area contributed by atoms with Crippen LogP contribution in [-0.4, -0.2) is 41.8 Å². The van der Waals surface area contributed by atoms with Crippen molar-refractivity contribution < 1.29 is 59.3 Å². The smallest absolute Gasteiger partial charge is 0.416 e. The number of rotatable bonds is 9. The molecule has 0 unspecified atom stereocenters. The maximum Gasteiger partial charge on any atom is 0.416 e. The normalized spacial score (nSPS) is 20.7. The van der Waals surface area contributed by atoms with Crippen LogP contribution in [0.1, 0.15) is 80.9 Å². The van der Waals surface area contributed by atoms with E-state index in [1.54, 1.807) is 0 Å². The number of carboxylic acids is 1. The zero-order chi connectivity index (χ0) is 37.3. The number of halogens is 8. The number of methoxy groups -OCH3 is 1. The fourth-order valence-electron chi connectivity index (χ4n) is 6.24. The third kappa shape index (κ3) is 8.22. The summed E-state index contributed by atoms with van der Waals surface area (Å²) in [6.45, 7) is 6.70. The first-order valence-electron chi connectivity index (χ1n) is 15.4. The van der Waals surface area contributed by atoms with Crippen LogP contribution in [0, 0.1) is 5.41 Å². The number of nitrogens with zero attached hydrogens (tertiary/aromatic N) is 1. The number of alkyl halides is 6. The second-order valence-electron chi connectivity index (χ2n) is 12.9. The van der Waals surface area contributed by atoms with Crippen LogP contribution in [0.25, 0.3) is 11.1 Å². The van der Waals surface area contributed by atoms with Gasteiger partial charge in [-0.2, -0.15) is 26.3 Å². The van der Waals surface area contributed by atoms with Crippen molar-refractivity contribution in [3.8, 4) is 5.75 Å². The molecule has 6 nitrogen and oxygen atoms in total. The van der Waals surface area contributed by atoms with Crippen LogP contribution in [0.4, 0.5) is 39.9 Å². The fourth-order valence-corrected chi connectivity index (χ4v) is 6.24. The van der Waals surface area contributed by atoms with Gasteiger partial charge in [-0.05, 0) is 97.2 Å². The standard InChI is InChI=1S/C36H35F8NO5/c1-6-20(32(46)47)14-29(38)28(17-37)21-7-8-30(49-5)27(13-21)26-9-10-34(3,4)16-23(26)18-45-19(2)31(50-33(45)48)22-11-24(35(39,40)41)15-25(12-22)36(42,43)44/h6-8,11-15,17,19,31H,9-10,16,18H2,1-5H3,(H,46,47)/b20-6+,28-17+,29-14+/t19-,31-/m0/s1. The van der Waals surface area contributed by atoms with Crippen LogP contribution in [0.15, 0.2) is 71.9 Å². The van der Waals surface area contributed by atoms with Crippen molar-refractivity contribution in [2.24, 2.45) is 5.41 Å². The van der Waals surface area contributed by atoms with Gasteiger partial charge in [0.25, 0.3) is 0 Å². The molecule has 50 heavy (non-hydrogen) atoms. The van der Waals surface area contributed by atoms with Gasteiger partial charge in [0.15, 0.2) is 0 Å². The van der Waals surface area contributed by atoms with E-state index >= 15 is 4.39 Å². The van der Waals surface area contributed by atoms with Gasteiger partial charge in [0.2, 0.25) is 0 Å². The molecule has 1 aliphatic heterocycles. The number of cyclic esters (lactones) is 1. The van der Waals surface area contributed by atoms with Crippen LogP contribution in [-0.2, 0) is 21.9 Å². The minimum Gasteiger partial charge on any atom is -0.496 e. The molecule has 0 spiro atoms. The number of ether oxygens (including phenoxy) is 2. The molecule has 1 aliphatic carbocycles. The van der Waals surface area contributed by atoms with E-state index < -0.39 is 70.2 Å². The number of amides is 1. The molecule has 2 aromatic rings. The number of carbonyl (C=O) groups excluding carboxylic acids is 1. The summed E-state index contributed by atoms with van der Waals surface area (Å²) < 4.78 is 122. The lowest BCUT2D eigenvalue weighted by Crippen LogP contribution is -2.35. The van der Waals surface area contributed by atoms with Gasteiger partial charge >= 0.3 is 24.4 Å². The SMILES string of the molecule is C\C=C(/C=C(F)\C(=C\F)c1ccc(OC)c(C2=C(CN3C(=O)O[C@H](c4cc(C(F)(F)F)cc(C(F)(F)F)c4)[C@@H]3C)CC(C)(C)CC2)c1)C(=O)O. The number of carboxylic acid groups (broad SMARTS) is 1. The Hall–Kier alpha value is -4.62. The molecule has 1 fully saturated rings. The summed E-state index contributed by atoms with van der Waals surface area (Å²) in [7, 11) is 1.39. The van der Waals surface area contributed by atoms with E-state index in [4.69, 9.17) is 9.47 Å². The van der Waals surface area contributed by atoms with Crippen molar-refractivity contribution in [3.63, 3.8) is 0 Å². The minimum atomic E-state index is -5.09. The number of hydrogen-bond acceptors (Lipinski definition) is 4. The summed E-state index contributed by atoms with van der Waals surface area (Å²) in [5.41, 5.74) is -2.96. The summed E-state index contributed by atoms with van der Waals surface area (Å²) in [4.78, 5) is 25.8. The van der Waals surface area contributed by atoms with Crippen molar-refractivity contribution in [2.75, 3.05) is 13.7 Å². The Bertz CT molecular complexity index is 1750. The summed E-state index contributed by atoms with van der Waals surface area (Å²) in [6, 6.07) is 4.43. The van der Waals surface area contributed by atoms with E-state index in [-0.39, 0.29) is 29.9 Å². The number of hydrogen-bond donors (Lipinski definition) is 1. The molecule has 1 N–H and O–H groups in total. The molecule has 2 atom stereocenters. The van der Waals surface area contributed by atoms with Gasteiger partial charge < -0.3 is 14.6 Å². The lowest BCUT2D eigenvalue weighted by atomic mass is 9.72. The maximum atomic E-state index is 15.2. The molecule has 2 aromatic carbocycles. The first-order valence-corrected chi connectivity index (χ1v) is 15.4. The molecule has 270 valence electrons. The summed E-state index contributed by atoms with van der Waals surface area (Å²) in [5.74, 6) is -2.25. The van der Waals surface area contributed by atoms with Crippen LogP contribution >= 0.6 is 0 Å². The predicted octanol–water partition coefficient (Wildman–Crippen LogP) is 10.5. The molecule has 1 heterocycles. The van der Waals surface area contributed by atoms with Gasteiger partial charge in [-0.3, -0.25) is 4.90 Å². The molecule has 0 saturated carbocycles. The van der Waals surface area contributed by atoms with Gasteiger partial charge in [-0.15, -0.1) is 0 Å². The van der Waals surface area contributed by atoms with E-state index in [0.717, 1.165) is 6.08 Å². The number of carbonyl (C=O) groups is 2. The average Bonchev–Trinajstić information content (AvgIpc) is 3.31. The topological polar surface area (TPSA) is 76.1 Å². The van der Waals surface area contributed by atoms with Gasteiger partial charge in [-0.25, -0.2) is 18.4 Å². The Labute approximate surface area is 283 Å². The third-order valence-corrected chi connectivity index (χ3v) is 8.90. The molecule has 1 saturated heterocycles. The quantitative estimate of drug-likeness (QED) is 0.159. The highest BCUT2D eigenvalue weighted by Crippen LogP contribution is 2.47. The maximum absolute atomic E-state index is 15.2. The molecule has 1 amide bonds. The summed E-state index contributed by atoms with van der Waals surface area (Å²) in [6.07, 6.45) is -9.28.